The number of hydrogen-bond donors (Lipinski definition) is 5. The first kappa shape index (κ1) is 54.9. The van der Waals surface area contributed by atoms with E-state index >= 15 is 0 Å². The Kier molecular flexibility index (Phi) is 19.2. The van der Waals surface area contributed by atoms with E-state index in [0.717, 1.165) is 73.6 Å². The number of ether oxygens (including phenoxy) is 6. The van der Waals surface area contributed by atoms with Gasteiger partial charge in [-0.25, -0.2) is 14.6 Å². The van der Waals surface area contributed by atoms with Crippen LogP contribution in [0.1, 0.15) is 100 Å². The Labute approximate surface area is 419 Å². The summed E-state index contributed by atoms with van der Waals surface area (Å²) in [6.07, 6.45) is 1.45. The smallest absolute Gasteiger partial charge is 0.410 e. The van der Waals surface area contributed by atoms with Gasteiger partial charge in [0.25, 0.3) is 5.91 Å². The SMILES string of the molecule is CCN1CCN(c2cc(C(=O)NC[C@@H](O)[C@@H]3Cc4ccc(OCOC)cc4CN3C(=O)OC(C)(C)C)cc(NC3CCC3)n2)CC1.COCOc1ccc2c(c1)CN(C(=O)OC(C)(C)C)[C@H]([C@H](O)CN)C2. The van der Waals surface area contributed by atoms with Gasteiger partial charge in [-0.05, 0) is 139 Å². The predicted octanol–water partition coefficient (Wildman–Crippen LogP) is 5.27. The van der Waals surface area contributed by atoms with Gasteiger partial charge in [0, 0.05) is 78.2 Å². The molecule has 4 heterocycles. The predicted molar refractivity (Wildman–Crippen MR) is 270 cm³/mol. The van der Waals surface area contributed by atoms with Crippen molar-refractivity contribution in [3.8, 4) is 11.5 Å². The molecule has 2 fully saturated rings. The first-order valence-electron chi connectivity index (χ1n) is 24.8. The third-order valence-corrected chi connectivity index (χ3v) is 12.9. The molecular weight excluding hydrogens is 913 g/mol. The maximum atomic E-state index is 13.6. The maximum absolute atomic E-state index is 13.6. The van der Waals surface area contributed by atoms with E-state index in [-0.39, 0.29) is 39.1 Å². The van der Waals surface area contributed by atoms with Crippen molar-refractivity contribution in [1.29, 1.82) is 0 Å². The summed E-state index contributed by atoms with van der Waals surface area (Å²) in [5.41, 5.74) is 8.71. The Morgan fingerprint density at radius 3 is 1.72 bits per heavy atom. The molecule has 19 heteroatoms. The van der Waals surface area contributed by atoms with Crippen molar-refractivity contribution in [1.82, 2.24) is 25.0 Å². The average molecular weight is 991 g/mol. The fourth-order valence-electron chi connectivity index (χ4n) is 8.86. The van der Waals surface area contributed by atoms with E-state index in [0.29, 0.717) is 48.3 Å². The lowest BCUT2D eigenvalue weighted by Crippen LogP contribution is -2.54. The summed E-state index contributed by atoms with van der Waals surface area (Å²) in [5, 5.41) is 28.2. The molecule has 3 aromatic rings. The van der Waals surface area contributed by atoms with Crippen molar-refractivity contribution in [2.45, 2.75) is 135 Å². The minimum absolute atomic E-state index is 0.0363. The third kappa shape index (κ3) is 15.5. The van der Waals surface area contributed by atoms with E-state index in [1.807, 2.05) is 84.0 Å². The number of nitrogens with two attached hydrogens (primary N) is 1. The maximum Gasteiger partial charge on any atom is 0.410 e. The van der Waals surface area contributed by atoms with Crippen LogP contribution in [0.25, 0.3) is 0 Å². The fourth-order valence-corrected chi connectivity index (χ4v) is 8.86. The average Bonchev–Trinajstić information content (AvgIpc) is 3.33. The molecule has 7 rings (SSSR count). The highest BCUT2D eigenvalue weighted by atomic mass is 16.7. The van der Waals surface area contributed by atoms with Crippen LogP contribution in [0, 0.1) is 0 Å². The minimum Gasteiger partial charge on any atom is -0.468 e. The Bertz CT molecular complexity index is 2240. The largest absolute Gasteiger partial charge is 0.468 e. The topological polar surface area (TPSA) is 223 Å². The van der Waals surface area contributed by atoms with Gasteiger partial charge < -0.3 is 64.8 Å². The highest BCUT2D eigenvalue weighted by Gasteiger charge is 2.39. The van der Waals surface area contributed by atoms with Crippen molar-refractivity contribution in [3.05, 3.63) is 76.3 Å². The van der Waals surface area contributed by atoms with E-state index in [9.17, 15) is 24.6 Å². The molecule has 0 unspecified atom stereocenters. The lowest BCUT2D eigenvalue weighted by molar-refractivity contribution is -0.0116. The number of aliphatic hydroxyl groups is 2. The second-order valence-corrected chi connectivity index (χ2v) is 20.6. The molecule has 0 radical (unpaired) electrons. The Balaban J connectivity index is 0.000000279. The van der Waals surface area contributed by atoms with Crippen LogP contribution < -0.4 is 30.7 Å². The molecule has 1 saturated carbocycles. The van der Waals surface area contributed by atoms with E-state index in [4.69, 9.17) is 39.1 Å². The zero-order valence-electron chi connectivity index (χ0n) is 43.2. The van der Waals surface area contributed by atoms with Gasteiger partial charge in [-0.2, -0.15) is 0 Å². The number of pyridine rings is 1. The summed E-state index contributed by atoms with van der Waals surface area (Å²) < 4.78 is 32.2. The number of rotatable bonds is 16. The molecule has 71 heavy (non-hydrogen) atoms. The summed E-state index contributed by atoms with van der Waals surface area (Å²) in [6, 6.07) is 14.3. The number of likely N-dealkylation sites (N-methyl/N-ethyl adjacent to an activating group) is 1. The molecule has 0 spiro atoms. The lowest BCUT2D eigenvalue weighted by Gasteiger charge is -2.40. The molecule has 19 nitrogen and oxygen atoms in total. The van der Waals surface area contributed by atoms with E-state index in [1.54, 1.807) is 30.1 Å². The Morgan fingerprint density at radius 1 is 0.746 bits per heavy atom. The second-order valence-electron chi connectivity index (χ2n) is 20.6. The molecule has 1 saturated heterocycles. The summed E-state index contributed by atoms with van der Waals surface area (Å²) >= 11 is 0. The van der Waals surface area contributed by atoms with Gasteiger partial charge in [-0.3, -0.25) is 14.6 Å². The molecular formula is C52H78N8O11. The number of anilines is 2. The molecule has 3 amide bonds. The van der Waals surface area contributed by atoms with Gasteiger partial charge in [-0.1, -0.05) is 19.1 Å². The number of nitrogens with one attached hydrogen (secondary N) is 2. The van der Waals surface area contributed by atoms with E-state index < -0.39 is 47.7 Å². The van der Waals surface area contributed by atoms with Crippen LogP contribution in [0.15, 0.2) is 48.5 Å². The van der Waals surface area contributed by atoms with Gasteiger partial charge >= 0.3 is 12.2 Å². The Morgan fingerprint density at radius 2 is 1.27 bits per heavy atom. The molecule has 6 N–H and O–H groups in total. The van der Waals surface area contributed by atoms with Crippen LogP contribution in [0.5, 0.6) is 11.5 Å². The quantitative estimate of drug-likeness (QED) is 0.115. The molecule has 4 aliphatic rings. The summed E-state index contributed by atoms with van der Waals surface area (Å²) in [4.78, 5) is 52.2. The monoisotopic (exact) mass is 991 g/mol. The second kappa shape index (κ2) is 24.8. The zero-order chi connectivity index (χ0) is 51.5. The highest BCUT2D eigenvalue weighted by Crippen LogP contribution is 2.32. The number of fused-ring (bicyclic) bond motifs is 2. The van der Waals surface area contributed by atoms with Gasteiger partial charge in [0.2, 0.25) is 0 Å². The van der Waals surface area contributed by atoms with Gasteiger partial charge in [0.1, 0.15) is 34.3 Å². The first-order valence-corrected chi connectivity index (χ1v) is 24.8. The molecule has 392 valence electrons. The number of hydrogen-bond acceptors (Lipinski definition) is 16. The van der Waals surface area contributed by atoms with Crippen LogP contribution in [0.4, 0.5) is 21.2 Å². The number of carbonyl (C=O) groups excluding carboxylic acids is 3. The molecule has 1 aromatic heterocycles. The van der Waals surface area contributed by atoms with Gasteiger partial charge in [0.15, 0.2) is 13.6 Å². The Hall–Kier alpha value is -5.44. The highest BCUT2D eigenvalue weighted by molar-refractivity contribution is 5.95. The number of methoxy groups -OCH3 is 2. The van der Waals surface area contributed by atoms with Crippen molar-refractivity contribution < 1.29 is 53.0 Å². The van der Waals surface area contributed by atoms with Gasteiger partial charge in [-0.15, -0.1) is 0 Å². The van der Waals surface area contributed by atoms with Crippen molar-refractivity contribution in [3.63, 3.8) is 0 Å². The number of carbonyl (C=O) groups is 3. The molecule has 1 aliphatic carbocycles. The zero-order valence-corrected chi connectivity index (χ0v) is 43.2. The number of amides is 3. The molecule has 3 aliphatic heterocycles. The minimum atomic E-state index is -1.04. The van der Waals surface area contributed by atoms with E-state index in [2.05, 4.69) is 27.4 Å². The number of piperazine rings is 1. The molecule has 2 aromatic carbocycles. The number of nitrogens with zero attached hydrogens (tertiary/aromatic N) is 5. The normalized spacial score (nSPS) is 19.2. The van der Waals surface area contributed by atoms with Crippen LogP contribution in [0.2, 0.25) is 0 Å². The summed E-state index contributed by atoms with van der Waals surface area (Å²) in [5.74, 6) is 2.47. The van der Waals surface area contributed by atoms with Crippen LogP contribution in [0.3, 0.4) is 0 Å². The van der Waals surface area contributed by atoms with Crippen molar-refractivity contribution >= 4 is 29.7 Å². The van der Waals surface area contributed by atoms with Crippen molar-refractivity contribution in [2.24, 2.45) is 5.73 Å². The fraction of sp³-hybridized carbons (Fsp3) is 0.615. The van der Waals surface area contributed by atoms with Crippen LogP contribution in [-0.2, 0) is 44.9 Å². The van der Waals surface area contributed by atoms with Gasteiger partial charge in [0.05, 0.1) is 24.3 Å². The first-order chi connectivity index (χ1) is 33.8. The number of benzene rings is 2. The third-order valence-electron chi connectivity index (χ3n) is 12.9. The van der Waals surface area contributed by atoms with Crippen LogP contribution in [-0.4, -0.2) is 163 Å². The van der Waals surface area contributed by atoms with Crippen molar-refractivity contribution in [2.75, 3.05) is 83.8 Å². The van der Waals surface area contributed by atoms with Crippen LogP contribution >= 0.6 is 0 Å². The van der Waals surface area contributed by atoms with E-state index in [1.165, 1.54) is 6.42 Å². The molecule has 4 atom stereocenters. The lowest BCUT2D eigenvalue weighted by atomic mass is 9.91. The summed E-state index contributed by atoms with van der Waals surface area (Å²) in [6.45, 7) is 18.5. The summed E-state index contributed by atoms with van der Waals surface area (Å²) in [7, 11) is 3.11. The standard InChI is InChI=1S/C34H50N6O6.C18H28N2O5/c1-6-38-12-14-39(15-13-38)31-19-24(18-30(37-31)36-26-8-7-9-26)32(42)35-20-29(41)28-17-23-10-11-27(45-22-44-5)16-25(23)21-40(28)33(43)46-34(2,3)4;1-18(2,3)25-17(22)20-10-13-7-14(24-11-23-4)6-5-12(13)8-15(20)16(21)9-19/h10-11,16,18-19,26,28-29,41H,6-9,12-15,17,20-22H2,1-5H3,(H,35,42)(H,36,37);5-7,15-16,21H,8-11,19H2,1-4H3/t28-,29+;15-,16+/m00/s1. The molecule has 0 bridgehead atoms. The number of aliphatic hydroxyl groups excluding tert-OH is 2. The number of aromatic nitrogens is 1.